The van der Waals surface area contributed by atoms with E-state index >= 15 is 0 Å². The molecule has 2 rings (SSSR count). The highest BCUT2D eigenvalue weighted by Crippen LogP contribution is 2.19. The van der Waals surface area contributed by atoms with Crippen LogP contribution in [0.4, 0.5) is 0 Å². The van der Waals surface area contributed by atoms with Crippen LogP contribution in [0.2, 0.25) is 10.2 Å². The minimum absolute atomic E-state index is 0.168. The number of nitrogens with one attached hydrogen (secondary N) is 1. The number of pyridine rings is 1. The molecule has 0 aliphatic heterocycles. The van der Waals surface area contributed by atoms with Crippen LogP contribution in [0.25, 0.3) is 0 Å². The van der Waals surface area contributed by atoms with Crippen molar-refractivity contribution in [1.29, 1.82) is 0 Å². The van der Waals surface area contributed by atoms with Crippen molar-refractivity contribution in [3.05, 3.63) is 52.3 Å². The van der Waals surface area contributed by atoms with Gasteiger partial charge in [0.25, 0.3) is 5.91 Å². The summed E-state index contributed by atoms with van der Waals surface area (Å²) in [6, 6.07) is 8.66. The maximum atomic E-state index is 11.9. The molecule has 0 aliphatic rings. The van der Waals surface area contributed by atoms with Crippen LogP contribution in [0.15, 0.2) is 36.5 Å². The second-order valence-electron chi connectivity index (χ2n) is 4.28. The molecule has 1 aromatic carbocycles. The fraction of sp³-hybridized carbons (Fsp3) is 0.200. The van der Waals surface area contributed by atoms with Gasteiger partial charge in [0.15, 0.2) is 0 Å². The Morgan fingerprint density at radius 3 is 2.55 bits per heavy atom. The summed E-state index contributed by atoms with van der Waals surface area (Å²) in [5.74, 6) is 1.17. The first-order valence-corrected chi connectivity index (χ1v) is 7.22. The van der Waals surface area contributed by atoms with Gasteiger partial charge in [-0.1, -0.05) is 23.2 Å². The third-order valence-electron chi connectivity index (χ3n) is 2.77. The predicted molar refractivity (Wildman–Crippen MR) is 85.1 cm³/mol. The zero-order valence-electron chi connectivity index (χ0n) is 11.8. The van der Waals surface area contributed by atoms with Crippen LogP contribution in [0.3, 0.4) is 0 Å². The second kappa shape index (κ2) is 7.87. The van der Waals surface area contributed by atoms with Gasteiger partial charge in [0, 0.05) is 6.20 Å². The number of carbonyl (C=O) groups is 1. The van der Waals surface area contributed by atoms with Crippen LogP contribution in [-0.4, -0.2) is 31.2 Å². The largest absolute Gasteiger partial charge is 0.497 e. The molecule has 0 saturated heterocycles. The Labute approximate surface area is 138 Å². The quantitative estimate of drug-likeness (QED) is 0.647. The van der Waals surface area contributed by atoms with Crippen molar-refractivity contribution in [2.75, 3.05) is 20.3 Å². The van der Waals surface area contributed by atoms with E-state index < -0.39 is 0 Å². The number of rotatable bonds is 6. The van der Waals surface area contributed by atoms with E-state index in [4.69, 9.17) is 32.7 Å². The molecule has 2 aromatic rings. The van der Waals surface area contributed by atoms with E-state index in [1.54, 1.807) is 31.4 Å². The molecule has 0 radical (unpaired) electrons. The van der Waals surface area contributed by atoms with Gasteiger partial charge in [-0.25, -0.2) is 4.98 Å². The molecule has 0 fully saturated rings. The lowest BCUT2D eigenvalue weighted by atomic mass is 10.3. The highest BCUT2D eigenvalue weighted by atomic mass is 35.5. The molecule has 1 amide bonds. The van der Waals surface area contributed by atoms with Gasteiger partial charge in [0.2, 0.25) is 0 Å². The van der Waals surface area contributed by atoms with Crippen molar-refractivity contribution >= 4 is 29.1 Å². The first-order valence-electron chi connectivity index (χ1n) is 6.46. The van der Waals surface area contributed by atoms with Crippen LogP contribution in [-0.2, 0) is 0 Å². The average Bonchev–Trinajstić information content (AvgIpc) is 2.54. The summed E-state index contributed by atoms with van der Waals surface area (Å²) in [5, 5.41) is 3.12. The molecule has 0 spiro atoms. The summed E-state index contributed by atoms with van der Waals surface area (Å²) in [4.78, 5) is 15.7. The molecule has 0 bridgehead atoms. The zero-order valence-corrected chi connectivity index (χ0v) is 13.3. The fourth-order valence-corrected chi connectivity index (χ4v) is 1.92. The number of hydrogen-bond acceptors (Lipinski definition) is 4. The minimum Gasteiger partial charge on any atom is -0.497 e. The van der Waals surface area contributed by atoms with Gasteiger partial charge in [0.1, 0.15) is 23.3 Å². The van der Waals surface area contributed by atoms with Gasteiger partial charge >= 0.3 is 0 Å². The average molecular weight is 341 g/mol. The van der Waals surface area contributed by atoms with Gasteiger partial charge in [-0.3, -0.25) is 4.79 Å². The molecule has 7 heteroatoms. The standard InChI is InChI=1S/C15H14Cl2N2O3/c1-21-11-2-4-12(5-3-11)22-7-6-18-15(20)10-8-13(16)14(17)19-9-10/h2-5,8-9H,6-7H2,1H3,(H,18,20). The topological polar surface area (TPSA) is 60.5 Å². The lowest BCUT2D eigenvalue weighted by Gasteiger charge is -2.08. The summed E-state index contributed by atoms with van der Waals surface area (Å²) >= 11 is 11.5. The highest BCUT2D eigenvalue weighted by molar-refractivity contribution is 6.41. The van der Waals surface area contributed by atoms with Crippen LogP contribution in [0, 0.1) is 0 Å². The van der Waals surface area contributed by atoms with Gasteiger partial charge < -0.3 is 14.8 Å². The molecular formula is C15H14Cl2N2O3. The fourth-order valence-electron chi connectivity index (χ4n) is 1.65. The molecule has 0 aliphatic carbocycles. The van der Waals surface area contributed by atoms with Crippen LogP contribution >= 0.6 is 23.2 Å². The summed E-state index contributed by atoms with van der Waals surface area (Å²) in [5.41, 5.74) is 0.346. The first kappa shape index (κ1) is 16.4. The lowest BCUT2D eigenvalue weighted by molar-refractivity contribution is 0.0946. The third kappa shape index (κ3) is 4.51. The second-order valence-corrected chi connectivity index (χ2v) is 5.04. The number of methoxy groups -OCH3 is 1. The first-order chi connectivity index (χ1) is 10.6. The van der Waals surface area contributed by atoms with Crippen molar-refractivity contribution < 1.29 is 14.3 Å². The Hall–Kier alpha value is -1.98. The Morgan fingerprint density at radius 2 is 1.91 bits per heavy atom. The Balaban J connectivity index is 1.77. The Kier molecular flexibility index (Phi) is 5.86. The number of amides is 1. The monoisotopic (exact) mass is 340 g/mol. The van der Waals surface area contributed by atoms with E-state index in [9.17, 15) is 4.79 Å². The van der Waals surface area contributed by atoms with Gasteiger partial charge in [-0.2, -0.15) is 0 Å². The Morgan fingerprint density at radius 1 is 1.23 bits per heavy atom. The van der Waals surface area contributed by atoms with E-state index in [0.29, 0.717) is 24.5 Å². The maximum Gasteiger partial charge on any atom is 0.253 e. The third-order valence-corrected chi connectivity index (χ3v) is 3.46. The molecular weight excluding hydrogens is 327 g/mol. The van der Waals surface area contributed by atoms with E-state index in [1.807, 2.05) is 0 Å². The van der Waals surface area contributed by atoms with Crippen LogP contribution < -0.4 is 14.8 Å². The molecule has 1 aromatic heterocycles. The number of halogens is 2. The molecule has 0 saturated carbocycles. The summed E-state index contributed by atoms with van der Waals surface area (Å²) in [6.07, 6.45) is 1.37. The normalized spacial score (nSPS) is 10.1. The van der Waals surface area contributed by atoms with Crippen LogP contribution in [0.5, 0.6) is 11.5 Å². The SMILES string of the molecule is COc1ccc(OCCNC(=O)c2cnc(Cl)c(Cl)c2)cc1. The molecule has 22 heavy (non-hydrogen) atoms. The molecule has 116 valence electrons. The van der Waals surface area contributed by atoms with Gasteiger partial charge in [0.05, 0.1) is 24.2 Å². The number of carbonyl (C=O) groups excluding carboxylic acids is 1. The van der Waals surface area contributed by atoms with Crippen molar-refractivity contribution in [1.82, 2.24) is 10.3 Å². The van der Waals surface area contributed by atoms with Crippen molar-refractivity contribution in [2.45, 2.75) is 0 Å². The Bertz CT molecular complexity index is 648. The molecule has 0 unspecified atom stereocenters. The molecule has 5 nitrogen and oxygen atoms in total. The minimum atomic E-state index is -0.288. The van der Waals surface area contributed by atoms with Crippen LogP contribution in [0.1, 0.15) is 10.4 Å². The van der Waals surface area contributed by atoms with Gasteiger partial charge in [-0.05, 0) is 30.3 Å². The van der Waals surface area contributed by atoms with Crippen molar-refractivity contribution in [3.63, 3.8) is 0 Å². The zero-order chi connectivity index (χ0) is 15.9. The summed E-state index contributed by atoms with van der Waals surface area (Å²) in [6.45, 7) is 0.692. The van der Waals surface area contributed by atoms with Gasteiger partial charge in [-0.15, -0.1) is 0 Å². The smallest absolute Gasteiger partial charge is 0.253 e. The summed E-state index contributed by atoms with van der Waals surface area (Å²) in [7, 11) is 1.60. The molecule has 0 atom stereocenters. The van der Waals surface area contributed by atoms with Crippen molar-refractivity contribution in [3.8, 4) is 11.5 Å². The number of hydrogen-bond donors (Lipinski definition) is 1. The summed E-state index contributed by atoms with van der Waals surface area (Å²) < 4.78 is 10.6. The van der Waals surface area contributed by atoms with E-state index in [2.05, 4.69) is 10.3 Å². The van der Waals surface area contributed by atoms with E-state index in [0.717, 1.165) is 5.75 Å². The highest BCUT2D eigenvalue weighted by Gasteiger charge is 2.08. The molecule has 1 heterocycles. The predicted octanol–water partition coefficient (Wildman–Crippen LogP) is 3.21. The number of aromatic nitrogens is 1. The van der Waals surface area contributed by atoms with E-state index in [-0.39, 0.29) is 16.1 Å². The number of nitrogens with zero attached hydrogens (tertiary/aromatic N) is 1. The maximum absolute atomic E-state index is 11.9. The molecule has 1 N–H and O–H groups in total. The lowest BCUT2D eigenvalue weighted by Crippen LogP contribution is -2.28. The number of ether oxygens (including phenoxy) is 2. The van der Waals surface area contributed by atoms with Crippen molar-refractivity contribution in [2.24, 2.45) is 0 Å². The number of benzene rings is 1. The van der Waals surface area contributed by atoms with E-state index in [1.165, 1.54) is 12.3 Å².